The third-order valence-corrected chi connectivity index (χ3v) is 7.78. The van der Waals surface area contributed by atoms with Crippen LogP contribution in [-0.2, 0) is 9.53 Å². The van der Waals surface area contributed by atoms with Crippen molar-refractivity contribution in [2.75, 3.05) is 0 Å². The molecule has 0 aromatic heterocycles. The van der Waals surface area contributed by atoms with E-state index in [0.717, 1.165) is 12.8 Å². The van der Waals surface area contributed by atoms with E-state index in [2.05, 4.69) is 13.5 Å². The second-order valence-corrected chi connectivity index (χ2v) is 11.4. The van der Waals surface area contributed by atoms with Gasteiger partial charge < -0.3 is 25.2 Å². The van der Waals surface area contributed by atoms with Crippen LogP contribution in [0.1, 0.15) is 67.2 Å². The number of hydrogen-bond acceptors (Lipinski definition) is 6. The molecule has 0 amide bonds. The van der Waals surface area contributed by atoms with Gasteiger partial charge in [-0.3, -0.25) is 0 Å². The first kappa shape index (κ1) is 34.0. The fraction of sp³-hybridized carbons (Fsp3) is 0.656. The second-order valence-electron chi connectivity index (χ2n) is 11.4. The summed E-state index contributed by atoms with van der Waals surface area (Å²) >= 11 is 0. The van der Waals surface area contributed by atoms with E-state index in [1.807, 2.05) is 52.8 Å². The van der Waals surface area contributed by atoms with Gasteiger partial charge in [-0.1, -0.05) is 96.7 Å². The van der Waals surface area contributed by atoms with Crippen LogP contribution in [0.15, 0.2) is 61.3 Å². The molecule has 0 saturated carbocycles. The van der Waals surface area contributed by atoms with Gasteiger partial charge in [-0.2, -0.15) is 0 Å². The molecule has 216 valence electrons. The lowest BCUT2D eigenvalue weighted by Crippen LogP contribution is -2.37. The zero-order chi connectivity index (χ0) is 28.8. The smallest absolute Gasteiger partial charge is 0.331 e. The summed E-state index contributed by atoms with van der Waals surface area (Å²) in [6.45, 7) is 15.5. The molecule has 0 radical (unpaired) electrons. The van der Waals surface area contributed by atoms with Crippen molar-refractivity contribution >= 4 is 5.97 Å². The van der Waals surface area contributed by atoms with E-state index in [1.165, 1.54) is 6.08 Å². The average Bonchev–Trinajstić information content (AvgIpc) is 2.88. The van der Waals surface area contributed by atoms with E-state index in [9.17, 15) is 25.2 Å². The van der Waals surface area contributed by atoms with Crippen molar-refractivity contribution in [3.05, 3.63) is 61.3 Å². The molecule has 6 nitrogen and oxygen atoms in total. The molecule has 38 heavy (non-hydrogen) atoms. The summed E-state index contributed by atoms with van der Waals surface area (Å²) in [5.74, 6) is -0.976. The number of rotatable bonds is 3. The molecule has 0 aliphatic carbocycles. The molecule has 1 heterocycles. The maximum atomic E-state index is 12.6. The first-order valence-corrected chi connectivity index (χ1v) is 14.1. The van der Waals surface area contributed by atoms with E-state index in [-0.39, 0.29) is 41.9 Å². The van der Waals surface area contributed by atoms with E-state index < -0.39 is 36.5 Å². The first-order valence-electron chi connectivity index (χ1n) is 14.1. The lowest BCUT2D eigenvalue weighted by molar-refractivity contribution is -0.150. The van der Waals surface area contributed by atoms with Crippen molar-refractivity contribution in [3.8, 4) is 0 Å². The van der Waals surface area contributed by atoms with Crippen LogP contribution in [0.2, 0.25) is 0 Å². The van der Waals surface area contributed by atoms with Gasteiger partial charge >= 0.3 is 5.97 Å². The summed E-state index contributed by atoms with van der Waals surface area (Å²) in [5.41, 5.74) is 0. The molecule has 0 fully saturated rings. The van der Waals surface area contributed by atoms with Gasteiger partial charge in [0.25, 0.3) is 0 Å². The number of carbonyl (C=O) groups excluding carboxylic acids is 1. The number of aliphatic hydroxyl groups excluding tert-OH is 4. The molecule has 0 aromatic carbocycles. The number of hydrogen-bond donors (Lipinski definition) is 4. The Kier molecular flexibility index (Phi) is 15.7. The normalized spacial score (nSPS) is 40.7. The van der Waals surface area contributed by atoms with Crippen LogP contribution in [0.3, 0.4) is 0 Å². The summed E-state index contributed by atoms with van der Waals surface area (Å²) in [7, 11) is 0. The Balaban J connectivity index is 3.17. The predicted molar refractivity (Wildman–Crippen MR) is 154 cm³/mol. The number of ether oxygens (including phenoxy) is 1. The van der Waals surface area contributed by atoms with E-state index in [4.69, 9.17) is 4.74 Å². The minimum absolute atomic E-state index is 0.0366. The molecule has 0 aromatic rings. The molecule has 0 unspecified atom stereocenters. The Morgan fingerprint density at radius 3 is 2.26 bits per heavy atom. The van der Waals surface area contributed by atoms with Crippen LogP contribution in [0, 0.1) is 35.5 Å². The van der Waals surface area contributed by atoms with Crippen LogP contribution in [0.4, 0.5) is 0 Å². The molecule has 1 rings (SSSR count). The predicted octanol–water partition coefficient (Wildman–Crippen LogP) is 5.14. The highest BCUT2D eigenvalue weighted by atomic mass is 16.5. The summed E-state index contributed by atoms with van der Waals surface area (Å²) in [6, 6.07) is 0. The van der Waals surface area contributed by atoms with Crippen molar-refractivity contribution in [2.45, 2.75) is 97.7 Å². The van der Waals surface area contributed by atoms with E-state index in [1.54, 1.807) is 30.4 Å². The number of aliphatic hydroxyl groups is 4. The monoisotopic (exact) mass is 532 g/mol. The van der Waals surface area contributed by atoms with Crippen LogP contribution >= 0.6 is 0 Å². The van der Waals surface area contributed by atoms with Gasteiger partial charge in [-0.15, -0.1) is 0 Å². The Morgan fingerprint density at radius 2 is 1.61 bits per heavy atom. The zero-order valence-electron chi connectivity index (χ0n) is 24.2. The van der Waals surface area contributed by atoms with Crippen LogP contribution < -0.4 is 0 Å². The number of carbonyl (C=O) groups is 1. The maximum Gasteiger partial charge on any atom is 0.331 e. The van der Waals surface area contributed by atoms with Crippen LogP contribution in [0.5, 0.6) is 0 Å². The van der Waals surface area contributed by atoms with Gasteiger partial charge in [-0.05, 0) is 31.1 Å². The third-order valence-electron chi connectivity index (χ3n) is 7.78. The summed E-state index contributed by atoms with van der Waals surface area (Å²) in [4.78, 5) is 12.6. The molecule has 1 aliphatic rings. The Morgan fingerprint density at radius 1 is 0.921 bits per heavy atom. The highest BCUT2D eigenvalue weighted by Crippen LogP contribution is 2.28. The Labute approximate surface area is 230 Å². The standard InChI is InChI=1S/C32H52O6/c1-8-9-12-24(5)32-26(7)28(34)18-15-21(2)19-25(6)31(37)23(4)16-17-27(33)20-29(35)22(3)13-10-11-14-30(36)38-32/h8-14,16-17,21-29,31-35,37H,1,15,18-20H2,2-7H3/b12-9-,13-10+,14-11-,17-16-/t21-,22-,23-,24-,25-,26-,27+,28+,29+,31-,32-/m0/s1. The maximum absolute atomic E-state index is 12.6. The fourth-order valence-electron chi connectivity index (χ4n) is 5.04. The second kappa shape index (κ2) is 17.6. The lowest BCUT2D eigenvalue weighted by Gasteiger charge is -2.31. The fourth-order valence-corrected chi connectivity index (χ4v) is 5.04. The number of cyclic esters (lactones) is 1. The molecular weight excluding hydrogens is 480 g/mol. The molecule has 0 bridgehead atoms. The Bertz CT molecular complexity index is 815. The summed E-state index contributed by atoms with van der Waals surface area (Å²) < 4.78 is 5.81. The third kappa shape index (κ3) is 12.2. The largest absolute Gasteiger partial charge is 0.458 e. The van der Waals surface area contributed by atoms with Crippen LogP contribution in [0.25, 0.3) is 0 Å². The van der Waals surface area contributed by atoms with Crippen molar-refractivity contribution < 1.29 is 30.0 Å². The van der Waals surface area contributed by atoms with Gasteiger partial charge in [0, 0.05) is 36.2 Å². The molecule has 11 atom stereocenters. The van der Waals surface area contributed by atoms with Gasteiger partial charge in [0.15, 0.2) is 0 Å². The number of allylic oxidation sites excluding steroid dienone is 4. The van der Waals surface area contributed by atoms with Crippen LogP contribution in [-0.4, -0.2) is 56.9 Å². The molecular formula is C32H52O6. The van der Waals surface area contributed by atoms with Crippen molar-refractivity contribution in [1.82, 2.24) is 0 Å². The average molecular weight is 533 g/mol. The van der Waals surface area contributed by atoms with Crippen molar-refractivity contribution in [2.24, 2.45) is 35.5 Å². The Hall–Kier alpha value is -1.99. The quantitative estimate of drug-likeness (QED) is 0.228. The van der Waals surface area contributed by atoms with E-state index in [0.29, 0.717) is 6.42 Å². The highest BCUT2D eigenvalue weighted by molar-refractivity contribution is 5.82. The molecule has 0 saturated heterocycles. The molecule has 4 N–H and O–H groups in total. The zero-order valence-corrected chi connectivity index (χ0v) is 24.2. The summed E-state index contributed by atoms with van der Waals surface area (Å²) in [6.07, 6.45) is 14.2. The highest BCUT2D eigenvalue weighted by Gasteiger charge is 2.31. The molecule has 6 heteroatoms. The SMILES string of the molecule is C=C/C=C\[C@H](C)[C@@H]1OC(=O)/C=C\C=C\[C@H](C)[C@H](O)C[C@H](O)/C=C\[C@H](C)[C@H](O)[C@@H](C)C[C@@H](C)CC[C@@H](O)[C@@H]1C. The molecule has 1 aliphatic heterocycles. The first-order chi connectivity index (χ1) is 17.9. The van der Waals surface area contributed by atoms with Gasteiger partial charge in [0.1, 0.15) is 6.10 Å². The topological polar surface area (TPSA) is 107 Å². The van der Waals surface area contributed by atoms with Crippen molar-refractivity contribution in [3.63, 3.8) is 0 Å². The van der Waals surface area contributed by atoms with Crippen molar-refractivity contribution in [1.29, 1.82) is 0 Å². The lowest BCUT2D eigenvalue weighted by atomic mass is 9.82. The van der Waals surface area contributed by atoms with E-state index >= 15 is 0 Å². The van der Waals surface area contributed by atoms with Gasteiger partial charge in [0.05, 0.1) is 24.4 Å². The summed E-state index contributed by atoms with van der Waals surface area (Å²) in [5, 5.41) is 42.7. The number of esters is 1. The minimum atomic E-state index is -0.828. The van der Waals surface area contributed by atoms with Gasteiger partial charge in [-0.25, -0.2) is 4.79 Å². The minimum Gasteiger partial charge on any atom is -0.458 e. The van der Waals surface area contributed by atoms with Gasteiger partial charge in [0.2, 0.25) is 0 Å². The molecule has 0 spiro atoms.